The molecule has 1 aliphatic rings. The van der Waals surface area contributed by atoms with Gasteiger partial charge >= 0.3 is 6.09 Å². The second-order valence-electron chi connectivity index (χ2n) is 7.09. The average molecular weight is 305 g/mol. The molecule has 3 unspecified atom stereocenters. The van der Waals surface area contributed by atoms with Gasteiger partial charge < -0.3 is 14.4 Å². The van der Waals surface area contributed by atoms with Crippen molar-refractivity contribution in [3.05, 3.63) is 35.9 Å². The van der Waals surface area contributed by atoms with Crippen molar-refractivity contribution >= 4 is 6.09 Å². The molecule has 0 aliphatic heterocycles. The highest BCUT2D eigenvalue weighted by atomic mass is 16.6. The Morgan fingerprint density at radius 3 is 2.45 bits per heavy atom. The van der Waals surface area contributed by atoms with E-state index in [1.165, 1.54) is 5.56 Å². The van der Waals surface area contributed by atoms with Crippen LogP contribution in [0.25, 0.3) is 0 Å². The molecule has 4 nitrogen and oxygen atoms in total. The maximum atomic E-state index is 12.1. The lowest BCUT2D eigenvalue weighted by molar-refractivity contribution is -0.0987. The highest BCUT2D eigenvalue weighted by molar-refractivity contribution is 5.68. The quantitative estimate of drug-likeness (QED) is 0.848. The van der Waals surface area contributed by atoms with Gasteiger partial charge in [0.05, 0.1) is 12.7 Å². The summed E-state index contributed by atoms with van der Waals surface area (Å²) in [6, 6.07) is 10.3. The van der Waals surface area contributed by atoms with Crippen LogP contribution in [-0.2, 0) is 16.1 Å². The molecule has 1 amide bonds. The van der Waals surface area contributed by atoms with E-state index in [1.807, 2.05) is 46.0 Å². The summed E-state index contributed by atoms with van der Waals surface area (Å²) in [5.74, 6) is 0.321. The molecule has 4 heteroatoms. The zero-order chi connectivity index (χ0) is 16.3. The molecule has 1 saturated carbocycles. The normalized spacial score (nSPS) is 24.5. The number of nitrogens with zero attached hydrogens (tertiary/aromatic N) is 1. The van der Waals surface area contributed by atoms with Crippen LogP contribution in [0, 0.1) is 5.92 Å². The third kappa shape index (κ3) is 4.23. The first-order valence-corrected chi connectivity index (χ1v) is 7.89. The van der Waals surface area contributed by atoms with E-state index in [0.717, 1.165) is 6.42 Å². The van der Waals surface area contributed by atoms with E-state index in [2.05, 4.69) is 19.1 Å². The van der Waals surface area contributed by atoms with Crippen LogP contribution in [0.1, 0.15) is 39.7 Å². The Hall–Kier alpha value is -1.55. The van der Waals surface area contributed by atoms with Gasteiger partial charge in [0, 0.05) is 19.0 Å². The molecule has 0 bridgehead atoms. The molecule has 0 saturated heterocycles. The van der Waals surface area contributed by atoms with E-state index in [4.69, 9.17) is 9.47 Å². The van der Waals surface area contributed by atoms with E-state index in [1.54, 1.807) is 4.90 Å². The Labute approximate surface area is 133 Å². The number of hydrogen-bond acceptors (Lipinski definition) is 3. The van der Waals surface area contributed by atoms with Crippen molar-refractivity contribution in [1.29, 1.82) is 0 Å². The minimum Gasteiger partial charge on any atom is -0.444 e. The monoisotopic (exact) mass is 305 g/mol. The predicted octanol–water partition coefficient (Wildman–Crippen LogP) is 3.85. The highest BCUT2D eigenvalue weighted by Crippen LogP contribution is 2.35. The molecular formula is C18H27NO3. The van der Waals surface area contributed by atoms with E-state index >= 15 is 0 Å². The second kappa shape index (κ2) is 6.69. The summed E-state index contributed by atoms with van der Waals surface area (Å²) in [5.41, 5.74) is 0.722. The van der Waals surface area contributed by atoms with Crippen molar-refractivity contribution in [2.75, 3.05) is 7.05 Å². The van der Waals surface area contributed by atoms with E-state index in [9.17, 15) is 4.79 Å². The van der Waals surface area contributed by atoms with Crippen molar-refractivity contribution < 1.29 is 14.3 Å². The zero-order valence-electron chi connectivity index (χ0n) is 14.2. The zero-order valence-corrected chi connectivity index (χ0v) is 14.2. The highest BCUT2D eigenvalue weighted by Gasteiger charge is 2.43. The SMILES string of the molecule is CC1C(OCc2ccccc2)CC1N(C)C(=O)OC(C)(C)C. The second-order valence-corrected chi connectivity index (χ2v) is 7.09. The number of carbonyl (C=O) groups excluding carboxylic acids is 1. The largest absolute Gasteiger partial charge is 0.444 e. The molecule has 2 rings (SSSR count). The molecule has 0 aromatic heterocycles. The molecule has 0 radical (unpaired) electrons. The van der Waals surface area contributed by atoms with Crippen LogP contribution in [0.5, 0.6) is 0 Å². The third-order valence-electron chi connectivity index (χ3n) is 4.15. The topological polar surface area (TPSA) is 38.8 Å². The molecule has 22 heavy (non-hydrogen) atoms. The Kier molecular flexibility index (Phi) is 5.12. The van der Waals surface area contributed by atoms with Crippen LogP contribution in [0.2, 0.25) is 0 Å². The van der Waals surface area contributed by atoms with Gasteiger partial charge in [-0.05, 0) is 32.8 Å². The summed E-state index contributed by atoms with van der Waals surface area (Å²) >= 11 is 0. The van der Waals surface area contributed by atoms with Gasteiger partial charge in [-0.1, -0.05) is 37.3 Å². The summed E-state index contributed by atoms with van der Waals surface area (Å²) in [4.78, 5) is 13.8. The number of rotatable bonds is 4. The fraction of sp³-hybridized carbons (Fsp3) is 0.611. The molecule has 1 fully saturated rings. The van der Waals surface area contributed by atoms with Gasteiger partial charge in [-0.2, -0.15) is 0 Å². The number of ether oxygens (including phenoxy) is 2. The first-order valence-electron chi connectivity index (χ1n) is 7.89. The van der Waals surface area contributed by atoms with E-state index < -0.39 is 5.60 Å². The molecule has 3 atom stereocenters. The first kappa shape index (κ1) is 16.8. The molecule has 1 aromatic rings. The van der Waals surface area contributed by atoms with Gasteiger partial charge in [-0.25, -0.2) is 4.79 Å². The van der Waals surface area contributed by atoms with Gasteiger partial charge in [0.2, 0.25) is 0 Å². The lowest BCUT2D eigenvalue weighted by Gasteiger charge is -2.46. The standard InChI is InChI=1S/C18H27NO3/c1-13-15(19(5)17(20)22-18(2,3)4)11-16(13)21-12-14-9-7-6-8-10-14/h6-10,13,15-16H,11-12H2,1-5H3. The van der Waals surface area contributed by atoms with Crippen LogP contribution in [0.15, 0.2) is 30.3 Å². The Bertz CT molecular complexity index is 495. The smallest absolute Gasteiger partial charge is 0.410 e. The van der Waals surface area contributed by atoms with Crippen LogP contribution in [0.4, 0.5) is 4.79 Å². The molecule has 122 valence electrons. The first-order chi connectivity index (χ1) is 10.3. The fourth-order valence-corrected chi connectivity index (χ4v) is 2.70. The Morgan fingerprint density at radius 1 is 1.27 bits per heavy atom. The van der Waals surface area contributed by atoms with Gasteiger partial charge in [-0.3, -0.25) is 0 Å². The van der Waals surface area contributed by atoms with Gasteiger partial charge in [-0.15, -0.1) is 0 Å². The number of hydrogen-bond donors (Lipinski definition) is 0. The summed E-state index contributed by atoms with van der Waals surface area (Å²) in [6.07, 6.45) is 0.810. The Morgan fingerprint density at radius 2 is 1.91 bits per heavy atom. The fourth-order valence-electron chi connectivity index (χ4n) is 2.70. The summed E-state index contributed by atoms with van der Waals surface area (Å²) in [6.45, 7) is 8.40. The van der Waals surface area contributed by atoms with Crippen molar-refractivity contribution in [2.24, 2.45) is 5.92 Å². The van der Waals surface area contributed by atoms with E-state index in [0.29, 0.717) is 12.5 Å². The third-order valence-corrected chi connectivity index (χ3v) is 4.15. The predicted molar refractivity (Wildman–Crippen MR) is 86.6 cm³/mol. The number of amides is 1. The molecule has 0 N–H and O–H groups in total. The molecule has 0 spiro atoms. The maximum absolute atomic E-state index is 12.1. The molecular weight excluding hydrogens is 278 g/mol. The van der Waals surface area contributed by atoms with Gasteiger partial charge in [0.15, 0.2) is 0 Å². The maximum Gasteiger partial charge on any atom is 0.410 e. The minimum atomic E-state index is -0.457. The van der Waals surface area contributed by atoms with Gasteiger partial charge in [0.1, 0.15) is 5.60 Å². The van der Waals surface area contributed by atoms with Crippen molar-refractivity contribution in [2.45, 2.75) is 58.5 Å². The lowest BCUT2D eigenvalue weighted by atomic mass is 9.77. The summed E-state index contributed by atoms with van der Waals surface area (Å²) in [5, 5.41) is 0. The van der Waals surface area contributed by atoms with Crippen LogP contribution < -0.4 is 0 Å². The average Bonchev–Trinajstić information content (AvgIpc) is 2.44. The van der Waals surface area contributed by atoms with Gasteiger partial charge in [0.25, 0.3) is 0 Å². The van der Waals surface area contributed by atoms with Crippen LogP contribution in [-0.4, -0.2) is 35.8 Å². The van der Waals surface area contributed by atoms with Crippen LogP contribution >= 0.6 is 0 Å². The minimum absolute atomic E-state index is 0.190. The van der Waals surface area contributed by atoms with E-state index in [-0.39, 0.29) is 18.2 Å². The Balaban J connectivity index is 1.79. The number of benzene rings is 1. The summed E-state index contributed by atoms with van der Waals surface area (Å²) < 4.78 is 11.4. The molecule has 0 heterocycles. The molecule has 1 aliphatic carbocycles. The summed E-state index contributed by atoms with van der Waals surface area (Å²) in [7, 11) is 1.81. The van der Waals surface area contributed by atoms with Crippen LogP contribution in [0.3, 0.4) is 0 Å². The number of carbonyl (C=O) groups is 1. The van der Waals surface area contributed by atoms with Crippen molar-refractivity contribution in [3.8, 4) is 0 Å². The molecule has 1 aromatic carbocycles. The van der Waals surface area contributed by atoms with Crippen molar-refractivity contribution in [3.63, 3.8) is 0 Å². The van der Waals surface area contributed by atoms with Crippen molar-refractivity contribution in [1.82, 2.24) is 4.90 Å². The lowest BCUT2D eigenvalue weighted by Crippen LogP contribution is -2.56.